The van der Waals surface area contributed by atoms with Crippen molar-refractivity contribution in [2.24, 2.45) is 0 Å². The number of halogens is 1. The van der Waals surface area contributed by atoms with Crippen molar-refractivity contribution in [3.63, 3.8) is 0 Å². The molecule has 0 spiro atoms. The predicted molar refractivity (Wildman–Crippen MR) is 90.4 cm³/mol. The van der Waals surface area contributed by atoms with Crippen LogP contribution in [0.5, 0.6) is 0 Å². The molecule has 1 aliphatic rings. The van der Waals surface area contributed by atoms with E-state index in [-0.39, 0.29) is 17.9 Å². The first-order valence-electron chi connectivity index (χ1n) is 7.96. The number of hydrogen-bond acceptors (Lipinski definition) is 4. The van der Waals surface area contributed by atoms with Crippen LogP contribution in [-0.4, -0.2) is 33.1 Å². The summed E-state index contributed by atoms with van der Waals surface area (Å²) in [6.45, 7) is 3.15. The Morgan fingerprint density at radius 3 is 3.12 bits per heavy atom. The number of benzene rings is 1. The van der Waals surface area contributed by atoms with Crippen LogP contribution < -0.4 is 10.6 Å². The van der Waals surface area contributed by atoms with Crippen LogP contribution in [-0.2, 0) is 6.54 Å². The van der Waals surface area contributed by atoms with E-state index >= 15 is 0 Å². The standard InChI is InChI=1S/C16H20FN5OS/c1-11-19-15-13(6-4-9-22(15)21-11)20-16(23)18-8-10-24-14-7-3-2-5-12(14)17/h2-3,5,7,13H,4,6,8-10H2,1H3,(H2,18,20,23). The fourth-order valence-corrected chi connectivity index (χ4v) is 3.51. The molecular formula is C16H20FN5OS. The second-order valence-electron chi connectivity index (χ2n) is 5.61. The van der Waals surface area contributed by atoms with Gasteiger partial charge in [0.15, 0.2) is 0 Å². The highest BCUT2D eigenvalue weighted by molar-refractivity contribution is 7.99. The molecule has 2 N–H and O–H groups in total. The average molecular weight is 349 g/mol. The van der Waals surface area contributed by atoms with Gasteiger partial charge in [0.1, 0.15) is 17.5 Å². The summed E-state index contributed by atoms with van der Waals surface area (Å²) in [6.07, 6.45) is 1.82. The zero-order chi connectivity index (χ0) is 16.9. The van der Waals surface area contributed by atoms with E-state index in [4.69, 9.17) is 0 Å². The minimum atomic E-state index is -0.233. The van der Waals surface area contributed by atoms with Crippen molar-refractivity contribution in [3.05, 3.63) is 41.7 Å². The third-order valence-corrected chi connectivity index (χ3v) is 4.82. The van der Waals surface area contributed by atoms with Crippen LogP contribution in [0, 0.1) is 12.7 Å². The topological polar surface area (TPSA) is 71.8 Å². The lowest BCUT2D eigenvalue weighted by molar-refractivity contribution is 0.233. The second-order valence-corrected chi connectivity index (χ2v) is 6.75. The van der Waals surface area contributed by atoms with Gasteiger partial charge >= 0.3 is 6.03 Å². The van der Waals surface area contributed by atoms with E-state index in [0.29, 0.717) is 17.2 Å². The summed E-state index contributed by atoms with van der Waals surface area (Å²) in [5.74, 6) is 1.91. The summed E-state index contributed by atoms with van der Waals surface area (Å²) in [7, 11) is 0. The fourth-order valence-electron chi connectivity index (χ4n) is 2.70. The molecule has 2 heterocycles. The summed E-state index contributed by atoms with van der Waals surface area (Å²) >= 11 is 1.38. The van der Waals surface area contributed by atoms with E-state index in [1.807, 2.05) is 11.6 Å². The van der Waals surface area contributed by atoms with Gasteiger partial charge in [-0.3, -0.25) is 0 Å². The normalized spacial score (nSPS) is 16.5. The molecule has 0 fully saturated rings. The Balaban J connectivity index is 1.44. The molecule has 0 saturated heterocycles. The van der Waals surface area contributed by atoms with Crippen LogP contribution in [0.4, 0.5) is 9.18 Å². The van der Waals surface area contributed by atoms with Gasteiger partial charge in [0.05, 0.1) is 6.04 Å². The van der Waals surface area contributed by atoms with E-state index < -0.39 is 0 Å². The maximum Gasteiger partial charge on any atom is 0.315 e. The Kier molecular flexibility index (Phi) is 5.34. The number of aromatic nitrogens is 3. The van der Waals surface area contributed by atoms with Crippen LogP contribution in [0.2, 0.25) is 0 Å². The van der Waals surface area contributed by atoms with Crippen molar-refractivity contribution in [1.29, 1.82) is 0 Å². The first-order chi connectivity index (χ1) is 11.6. The number of carbonyl (C=O) groups excluding carboxylic acids is 1. The zero-order valence-electron chi connectivity index (χ0n) is 13.5. The lowest BCUT2D eigenvalue weighted by atomic mass is 10.1. The Morgan fingerprint density at radius 1 is 1.46 bits per heavy atom. The zero-order valence-corrected chi connectivity index (χ0v) is 14.3. The minimum absolute atomic E-state index is 0.112. The largest absolute Gasteiger partial charge is 0.337 e. The van der Waals surface area contributed by atoms with Crippen molar-refractivity contribution in [1.82, 2.24) is 25.4 Å². The molecule has 0 aliphatic carbocycles. The number of nitrogens with zero attached hydrogens (tertiary/aromatic N) is 3. The van der Waals surface area contributed by atoms with E-state index in [2.05, 4.69) is 20.7 Å². The lowest BCUT2D eigenvalue weighted by Gasteiger charge is -2.23. The maximum atomic E-state index is 13.5. The number of thioether (sulfide) groups is 1. The van der Waals surface area contributed by atoms with Crippen molar-refractivity contribution in [3.8, 4) is 0 Å². The van der Waals surface area contributed by atoms with Gasteiger partial charge < -0.3 is 10.6 Å². The molecule has 3 rings (SSSR count). The number of aryl methyl sites for hydroxylation is 2. The molecule has 128 valence electrons. The van der Waals surface area contributed by atoms with Gasteiger partial charge in [-0.2, -0.15) is 5.10 Å². The van der Waals surface area contributed by atoms with Crippen LogP contribution in [0.3, 0.4) is 0 Å². The summed E-state index contributed by atoms with van der Waals surface area (Å²) in [4.78, 5) is 17.0. The SMILES string of the molecule is Cc1nc2n(n1)CCCC2NC(=O)NCCSc1ccccc1F. The van der Waals surface area contributed by atoms with Crippen LogP contribution >= 0.6 is 11.8 Å². The summed E-state index contributed by atoms with van der Waals surface area (Å²) < 4.78 is 15.4. The molecule has 6 nitrogen and oxygen atoms in total. The molecule has 8 heteroatoms. The molecule has 1 unspecified atom stereocenters. The number of fused-ring (bicyclic) bond motifs is 1. The Labute approximate surface area is 144 Å². The Bertz CT molecular complexity index is 720. The van der Waals surface area contributed by atoms with Gasteiger partial charge in [-0.1, -0.05) is 12.1 Å². The maximum absolute atomic E-state index is 13.5. The summed E-state index contributed by atoms with van der Waals surface area (Å²) in [5, 5.41) is 10.1. The highest BCUT2D eigenvalue weighted by atomic mass is 32.2. The van der Waals surface area contributed by atoms with Crippen molar-refractivity contribution in [2.45, 2.75) is 37.2 Å². The van der Waals surface area contributed by atoms with Gasteiger partial charge in [-0.15, -0.1) is 11.8 Å². The molecule has 0 saturated carbocycles. The second kappa shape index (κ2) is 7.65. The smallest absolute Gasteiger partial charge is 0.315 e. The van der Waals surface area contributed by atoms with E-state index in [1.165, 1.54) is 17.8 Å². The highest BCUT2D eigenvalue weighted by Crippen LogP contribution is 2.23. The molecule has 2 amide bonds. The van der Waals surface area contributed by atoms with E-state index in [1.54, 1.807) is 18.2 Å². The lowest BCUT2D eigenvalue weighted by Crippen LogP contribution is -2.41. The molecule has 1 atom stereocenters. The summed E-state index contributed by atoms with van der Waals surface area (Å²) in [6, 6.07) is 6.28. The number of rotatable bonds is 5. The van der Waals surface area contributed by atoms with Gasteiger partial charge in [-0.25, -0.2) is 18.9 Å². The number of amides is 2. The number of nitrogens with one attached hydrogen (secondary N) is 2. The van der Waals surface area contributed by atoms with Crippen LogP contribution in [0.15, 0.2) is 29.2 Å². The average Bonchev–Trinajstić information content (AvgIpc) is 2.94. The molecule has 1 aromatic heterocycles. The molecule has 0 radical (unpaired) electrons. The molecule has 1 aromatic carbocycles. The van der Waals surface area contributed by atoms with Crippen molar-refractivity contribution >= 4 is 17.8 Å². The third-order valence-electron chi connectivity index (χ3n) is 3.77. The third kappa shape index (κ3) is 4.05. The monoisotopic (exact) mass is 349 g/mol. The van der Waals surface area contributed by atoms with E-state index in [0.717, 1.165) is 31.0 Å². The molecule has 24 heavy (non-hydrogen) atoms. The van der Waals surface area contributed by atoms with E-state index in [9.17, 15) is 9.18 Å². The van der Waals surface area contributed by atoms with Crippen LogP contribution in [0.1, 0.15) is 30.5 Å². The van der Waals surface area contributed by atoms with Crippen LogP contribution in [0.25, 0.3) is 0 Å². The minimum Gasteiger partial charge on any atom is -0.337 e. The van der Waals surface area contributed by atoms with Gasteiger partial charge in [0.25, 0.3) is 0 Å². The van der Waals surface area contributed by atoms with Gasteiger partial charge in [-0.05, 0) is 31.9 Å². The number of carbonyl (C=O) groups is 1. The Morgan fingerprint density at radius 2 is 2.29 bits per heavy atom. The molecule has 0 bridgehead atoms. The number of urea groups is 1. The number of hydrogen-bond donors (Lipinski definition) is 2. The molecule has 2 aromatic rings. The Hall–Kier alpha value is -2.09. The van der Waals surface area contributed by atoms with Crippen molar-refractivity contribution in [2.75, 3.05) is 12.3 Å². The molecular weight excluding hydrogens is 329 g/mol. The fraction of sp³-hybridized carbons (Fsp3) is 0.438. The van der Waals surface area contributed by atoms with Crippen molar-refractivity contribution < 1.29 is 9.18 Å². The first kappa shape index (κ1) is 16.8. The summed E-state index contributed by atoms with van der Waals surface area (Å²) in [5.41, 5.74) is 0. The predicted octanol–water partition coefficient (Wildman–Crippen LogP) is 2.65. The quantitative estimate of drug-likeness (QED) is 0.643. The van der Waals surface area contributed by atoms with Gasteiger partial charge in [0.2, 0.25) is 0 Å². The molecule has 1 aliphatic heterocycles. The first-order valence-corrected chi connectivity index (χ1v) is 8.95. The highest BCUT2D eigenvalue weighted by Gasteiger charge is 2.24. The van der Waals surface area contributed by atoms with Gasteiger partial charge in [0, 0.05) is 23.7 Å².